The van der Waals surface area contributed by atoms with E-state index in [4.69, 9.17) is 15.6 Å². The fraction of sp³-hybridized carbons (Fsp3) is 1.00. The zero-order valence-electron chi connectivity index (χ0n) is 26.0. The van der Waals surface area contributed by atoms with Gasteiger partial charge in [0.2, 0.25) is 0 Å². The van der Waals surface area contributed by atoms with E-state index in [1.54, 1.807) is 0 Å². The number of hydrogen-bond donors (Lipinski definition) is 6. The van der Waals surface area contributed by atoms with Crippen LogP contribution in [0.5, 0.6) is 0 Å². The molecule has 0 aromatic rings. The van der Waals surface area contributed by atoms with Crippen molar-refractivity contribution in [2.45, 2.75) is 131 Å². The first-order valence-corrected chi connectivity index (χ1v) is 16.2. The van der Waals surface area contributed by atoms with Crippen molar-refractivity contribution < 1.29 is 14.9 Å². The fourth-order valence-corrected chi connectivity index (χ4v) is 6.55. The summed E-state index contributed by atoms with van der Waals surface area (Å²) in [6.45, 7) is 20.8. The Labute approximate surface area is 241 Å². The molecule has 8 atom stereocenters. The molecule has 3 aliphatic heterocycles. The third kappa shape index (κ3) is 14.1. The van der Waals surface area contributed by atoms with Crippen molar-refractivity contribution in [1.82, 2.24) is 10.6 Å². The molecule has 38 heavy (non-hydrogen) atoms. The van der Waals surface area contributed by atoms with Gasteiger partial charge < -0.3 is 26.0 Å². The SMILES string of the molecule is CC(C)C1CCC(O)C1.CC(C)C1CCCNC1O.CC(C)C1CCCOC1S.CC(C)C1CNC(N)C1. The normalized spacial score (nSPS) is 35.4. The van der Waals surface area contributed by atoms with E-state index in [1.165, 1.54) is 32.1 Å². The van der Waals surface area contributed by atoms with Crippen LogP contribution in [0, 0.1) is 47.3 Å². The first kappa shape index (κ1) is 36.1. The number of ether oxygens (including phenoxy) is 1. The number of piperidine rings is 1. The van der Waals surface area contributed by atoms with Gasteiger partial charge in [-0.25, -0.2) is 0 Å². The summed E-state index contributed by atoms with van der Waals surface area (Å²) in [6.07, 6.45) is 9.35. The van der Waals surface area contributed by atoms with Gasteiger partial charge in [0.05, 0.1) is 12.3 Å². The van der Waals surface area contributed by atoms with Gasteiger partial charge in [-0.3, -0.25) is 5.32 Å². The highest BCUT2D eigenvalue weighted by Gasteiger charge is 2.26. The number of thiol groups is 1. The molecule has 0 aromatic carbocycles. The molecule has 1 aliphatic carbocycles. The van der Waals surface area contributed by atoms with Crippen LogP contribution in [-0.4, -0.2) is 53.8 Å². The smallest absolute Gasteiger partial charge is 0.107 e. The van der Waals surface area contributed by atoms with E-state index in [0.717, 1.165) is 62.6 Å². The molecule has 4 rings (SSSR count). The van der Waals surface area contributed by atoms with Crippen LogP contribution in [0.1, 0.15) is 107 Å². The van der Waals surface area contributed by atoms with E-state index >= 15 is 0 Å². The molecule has 0 bridgehead atoms. The Bertz CT molecular complexity index is 543. The number of hydrogen-bond acceptors (Lipinski definition) is 7. The predicted octanol–water partition coefficient (Wildman–Crippen LogP) is 5.63. The Morgan fingerprint density at radius 1 is 0.737 bits per heavy atom. The monoisotopic (exact) mass is 559 g/mol. The highest BCUT2D eigenvalue weighted by atomic mass is 32.1. The predicted molar refractivity (Wildman–Crippen MR) is 165 cm³/mol. The van der Waals surface area contributed by atoms with Gasteiger partial charge in [-0.1, -0.05) is 55.4 Å². The summed E-state index contributed by atoms with van der Waals surface area (Å²) in [7, 11) is 0. The maximum Gasteiger partial charge on any atom is 0.107 e. The second-order valence-corrected chi connectivity index (χ2v) is 14.0. The van der Waals surface area contributed by atoms with Gasteiger partial charge >= 0.3 is 0 Å². The van der Waals surface area contributed by atoms with Crippen molar-refractivity contribution in [3.8, 4) is 0 Å². The van der Waals surface area contributed by atoms with E-state index in [-0.39, 0.29) is 23.9 Å². The first-order valence-electron chi connectivity index (χ1n) is 15.7. The van der Waals surface area contributed by atoms with Crippen molar-refractivity contribution in [2.24, 2.45) is 53.1 Å². The van der Waals surface area contributed by atoms with Crippen LogP contribution in [-0.2, 0) is 4.74 Å². The van der Waals surface area contributed by atoms with Gasteiger partial charge in [-0.15, -0.1) is 12.6 Å². The lowest BCUT2D eigenvalue weighted by atomic mass is 9.87. The van der Waals surface area contributed by atoms with Crippen LogP contribution >= 0.6 is 12.6 Å². The molecule has 7 heteroatoms. The van der Waals surface area contributed by atoms with Crippen LogP contribution in [0.25, 0.3) is 0 Å². The van der Waals surface area contributed by atoms with E-state index in [2.05, 4.69) is 78.7 Å². The molecule has 0 spiro atoms. The summed E-state index contributed by atoms with van der Waals surface area (Å²) >= 11 is 4.37. The summed E-state index contributed by atoms with van der Waals surface area (Å²) in [6, 6.07) is 0. The summed E-state index contributed by atoms with van der Waals surface area (Å²) < 4.78 is 5.42. The van der Waals surface area contributed by atoms with Crippen LogP contribution < -0.4 is 16.4 Å². The second-order valence-electron chi connectivity index (χ2n) is 13.5. The molecule has 8 unspecified atom stereocenters. The lowest BCUT2D eigenvalue weighted by Crippen LogP contribution is -2.43. The van der Waals surface area contributed by atoms with E-state index < -0.39 is 0 Å². The summed E-state index contributed by atoms with van der Waals surface area (Å²) in [5.41, 5.74) is 5.84. The zero-order chi connectivity index (χ0) is 28.8. The fourth-order valence-electron chi connectivity index (χ4n) is 5.95. The van der Waals surface area contributed by atoms with Gasteiger partial charge in [0.25, 0.3) is 0 Å². The molecule has 6 N–H and O–H groups in total. The molecule has 0 aromatic heterocycles. The Hall–Kier alpha value is 0.110. The van der Waals surface area contributed by atoms with Gasteiger partial charge in [-0.2, -0.15) is 0 Å². The molecule has 3 saturated heterocycles. The zero-order valence-corrected chi connectivity index (χ0v) is 26.9. The van der Waals surface area contributed by atoms with Crippen molar-refractivity contribution >= 4 is 12.6 Å². The highest BCUT2D eigenvalue weighted by Crippen LogP contribution is 2.31. The maximum absolute atomic E-state index is 9.43. The van der Waals surface area contributed by atoms with Crippen molar-refractivity contribution in [3.05, 3.63) is 0 Å². The van der Waals surface area contributed by atoms with E-state index in [9.17, 15) is 5.11 Å². The van der Waals surface area contributed by atoms with Crippen molar-refractivity contribution in [1.29, 1.82) is 0 Å². The van der Waals surface area contributed by atoms with Crippen LogP contribution in [0.4, 0.5) is 0 Å². The molecule has 6 nitrogen and oxygen atoms in total. The molecular weight excluding hydrogens is 494 g/mol. The van der Waals surface area contributed by atoms with Crippen molar-refractivity contribution in [3.63, 3.8) is 0 Å². The molecule has 0 radical (unpaired) electrons. The molecule has 4 fully saturated rings. The second kappa shape index (κ2) is 19.3. The van der Waals surface area contributed by atoms with Gasteiger partial charge in [0, 0.05) is 12.5 Å². The lowest BCUT2D eigenvalue weighted by molar-refractivity contribution is 0.0145. The third-order valence-corrected chi connectivity index (χ3v) is 9.58. The molecule has 228 valence electrons. The minimum atomic E-state index is -0.256. The van der Waals surface area contributed by atoms with Gasteiger partial charge in [0.1, 0.15) is 11.7 Å². The third-order valence-electron chi connectivity index (χ3n) is 9.05. The quantitative estimate of drug-likeness (QED) is 0.250. The average Bonchev–Trinajstić information content (AvgIpc) is 3.49. The Balaban J connectivity index is 0.000000254. The molecular formula is C31H65N3O3S. The minimum absolute atomic E-state index is 0.0115. The van der Waals surface area contributed by atoms with Crippen LogP contribution in [0.2, 0.25) is 0 Å². The van der Waals surface area contributed by atoms with E-state index in [1.807, 2.05) is 0 Å². The first-order chi connectivity index (χ1) is 17.8. The highest BCUT2D eigenvalue weighted by molar-refractivity contribution is 7.80. The average molecular weight is 560 g/mol. The molecule has 0 amide bonds. The number of rotatable bonds is 4. The summed E-state index contributed by atoms with van der Waals surface area (Å²) in [5.74, 6) is 5.59. The topological polar surface area (TPSA) is 99.8 Å². The Morgan fingerprint density at radius 2 is 1.34 bits per heavy atom. The van der Waals surface area contributed by atoms with Crippen molar-refractivity contribution in [2.75, 3.05) is 19.7 Å². The minimum Gasteiger partial charge on any atom is -0.393 e. The van der Waals surface area contributed by atoms with Gasteiger partial charge in [0.15, 0.2) is 0 Å². The Kier molecular flexibility index (Phi) is 18.3. The summed E-state index contributed by atoms with van der Waals surface area (Å²) in [4.78, 5) is 0. The number of aliphatic hydroxyl groups excluding tert-OH is 2. The van der Waals surface area contributed by atoms with Gasteiger partial charge in [-0.05, 0) is 106 Å². The standard InChI is InChI=1S/C8H17NO.C8H16OS.C8H16O.C7H16N2/c2*1-6(2)7-4-3-5-9-8(7)10;1-6(2)7-3-4-8(9)5-7;1-5(2)6-3-7(8)9-4-6/h6-10H,3-5H2,1-2H3;6-8,10H,3-5H2,1-2H3;6-9H,3-5H2,1-2H3;5-7,9H,3-4,8H2,1-2H3. The summed E-state index contributed by atoms with van der Waals surface area (Å²) in [5, 5.41) is 24.9. The molecule has 3 heterocycles. The van der Waals surface area contributed by atoms with E-state index in [0.29, 0.717) is 23.7 Å². The molecule has 4 aliphatic rings. The number of nitrogens with one attached hydrogen (secondary N) is 2. The van der Waals surface area contributed by atoms with Crippen LogP contribution in [0.15, 0.2) is 0 Å². The lowest BCUT2D eigenvalue weighted by Gasteiger charge is -2.31. The maximum atomic E-state index is 9.43. The number of nitrogens with two attached hydrogens (primary N) is 1. The Morgan fingerprint density at radius 3 is 1.66 bits per heavy atom. The number of aliphatic hydroxyl groups is 2. The van der Waals surface area contributed by atoms with Crippen LogP contribution in [0.3, 0.4) is 0 Å². The largest absolute Gasteiger partial charge is 0.393 e. The molecule has 1 saturated carbocycles.